The summed E-state index contributed by atoms with van der Waals surface area (Å²) in [6.07, 6.45) is 7.18. The Labute approximate surface area is 266 Å². The molecule has 2 unspecified atom stereocenters. The molecule has 2 atom stereocenters. The summed E-state index contributed by atoms with van der Waals surface area (Å²) < 4.78 is 37.5. The zero-order valence-corrected chi connectivity index (χ0v) is 26.1. The molecule has 8 rings (SSSR count). The van der Waals surface area contributed by atoms with E-state index in [0.717, 1.165) is 85.6 Å². The maximum atomic E-state index is 14.9. The molecule has 2 saturated heterocycles. The highest BCUT2D eigenvalue weighted by Crippen LogP contribution is 2.50. The molecule has 0 saturated carbocycles. The van der Waals surface area contributed by atoms with E-state index in [2.05, 4.69) is 38.8 Å². The van der Waals surface area contributed by atoms with Crippen molar-refractivity contribution >= 4 is 22.6 Å². The van der Waals surface area contributed by atoms with Crippen LogP contribution in [0.4, 0.5) is 4.39 Å². The van der Waals surface area contributed by atoms with Gasteiger partial charge in [0, 0.05) is 42.9 Å². The number of hydrogen-bond acceptors (Lipinski definition) is 6. The number of benzene rings is 3. The van der Waals surface area contributed by atoms with E-state index in [1.807, 2.05) is 36.3 Å². The summed E-state index contributed by atoms with van der Waals surface area (Å²) in [5.41, 5.74) is 5.77. The first kappa shape index (κ1) is 28.5. The molecule has 2 fully saturated rings. The number of imidazole rings is 1. The lowest BCUT2D eigenvalue weighted by molar-refractivity contribution is -0.0712. The number of halogens is 2. The minimum atomic E-state index is -1.26. The Hall–Kier alpha value is -3.92. The van der Waals surface area contributed by atoms with Crippen LogP contribution in [0.5, 0.6) is 11.5 Å². The van der Waals surface area contributed by atoms with Crippen LogP contribution in [-0.4, -0.2) is 50.0 Å². The maximum absolute atomic E-state index is 14.9. The number of piperidine rings is 1. The van der Waals surface area contributed by atoms with Gasteiger partial charge in [-0.2, -0.15) is 5.10 Å². The van der Waals surface area contributed by atoms with Crippen LogP contribution in [0.15, 0.2) is 67.0 Å². The molecule has 0 aliphatic carbocycles. The first-order valence-electron chi connectivity index (χ1n) is 15.6. The summed E-state index contributed by atoms with van der Waals surface area (Å²) in [6.45, 7) is 6.04. The Balaban J connectivity index is 1.000. The van der Waals surface area contributed by atoms with Gasteiger partial charge in [-0.25, -0.2) is 9.37 Å². The Morgan fingerprint density at radius 2 is 1.87 bits per heavy atom. The van der Waals surface area contributed by atoms with Crippen LogP contribution < -0.4 is 9.47 Å². The number of fused-ring (bicyclic) bond motifs is 2. The van der Waals surface area contributed by atoms with E-state index in [1.54, 1.807) is 19.1 Å². The average Bonchev–Trinajstić information content (AvgIpc) is 3.69. The molecule has 8 nitrogen and oxygen atoms in total. The summed E-state index contributed by atoms with van der Waals surface area (Å²) in [5, 5.41) is 4.68. The van der Waals surface area contributed by atoms with Crippen molar-refractivity contribution in [2.45, 2.75) is 57.1 Å². The number of aryl methyl sites for hydroxylation is 1. The van der Waals surface area contributed by atoms with Gasteiger partial charge in [0.15, 0.2) is 11.5 Å². The number of para-hydroxylation sites is 1. The van der Waals surface area contributed by atoms with E-state index in [1.165, 1.54) is 6.07 Å². The van der Waals surface area contributed by atoms with E-state index in [4.69, 9.17) is 30.8 Å². The lowest BCUT2D eigenvalue weighted by Crippen LogP contribution is -2.35. The van der Waals surface area contributed by atoms with Gasteiger partial charge in [0.2, 0.25) is 0 Å². The van der Waals surface area contributed by atoms with Crippen LogP contribution in [0.3, 0.4) is 0 Å². The monoisotopic (exact) mass is 627 g/mol. The van der Waals surface area contributed by atoms with Gasteiger partial charge in [0.1, 0.15) is 11.6 Å². The zero-order chi connectivity index (χ0) is 30.7. The summed E-state index contributed by atoms with van der Waals surface area (Å²) >= 11 is 6.00. The van der Waals surface area contributed by atoms with Crippen molar-refractivity contribution in [2.24, 2.45) is 7.05 Å². The molecule has 10 heteroatoms. The lowest BCUT2D eigenvalue weighted by Gasteiger charge is -2.33. The largest absolute Gasteiger partial charge is 0.444 e. The number of aromatic nitrogens is 4. The molecule has 5 aromatic rings. The van der Waals surface area contributed by atoms with Crippen molar-refractivity contribution in [1.82, 2.24) is 24.2 Å². The van der Waals surface area contributed by atoms with Gasteiger partial charge in [-0.3, -0.25) is 9.58 Å². The summed E-state index contributed by atoms with van der Waals surface area (Å²) in [4.78, 5) is 7.65. The predicted molar refractivity (Wildman–Crippen MR) is 170 cm³/mol. The molecule has 0 N–H and O–H groups in total. The third-order valence-electron chi connectivity index (χ3n) is 9.47. The molecular formula is C35H35ClFN5O3. The molecule has 45 heavy (non-hydrogen) atoms. The van der Waals surface area contributed by atoms with Gasteiger partial charge < -0.3 is 18.8 Å². The molecule has 3 aliphatic rings. The predicted octanol–water partition coefficient (Wildman–Crippen LogP) is 7.04. The number of rotatable bonds is 7. The SMILES string of the molecule is Cn1cc(-c2ccc3c(c2)nc(CN2CCC(c4cccc5c4OC(C)(c4ccc(Cl)cc4F)O5)CC2)n3CC2CCO2)cn1. The van der Waals surface area contributed by atoms with E-state index < -0.39 is 11.6 Å². The van der Waals surface area contributed by atoms with Crippen LogP contribution in [0.2, 0.25) is 5.02 Å². The fourth-order valence-electron chi connectivity index (χ4n) is 6.93. The van der Waals surface area contributed by atoms with Crippen LogP contribution in [0.1, 0.15) is 49.1 Å². The molecule has 0 bridgehead atoms. The van der Waals surface area contributed by atoms with Crippen molar-refractivity contribution < 1.29 is 18.6 Å². The van der Waals surface area contributed by atoms with E-state index >= 15 is 0 Å². The Morgan fingerprint density at radius 1 is 1.02 bits per heavy atom. The first-order chi connectivity index (χ1) is 21.8. The van der Waals surface area contributed by atoms with Gasteiger partial charge in [0.25, 0.3) is 5.79 Å². The quantitative estimate of drug-likeness (QED) is 0.193. The second-order valence-corrected chi connectivity index (χ2v) is 13.0. The Kier molecular flexibility index (Phi) is 7.08. The standard InChI is InChI=1S/C35H35ClFN5O3/c1-35(28-8-7-25(36)17-29(28)37)44-32-5-3-4-27(34(32)45-35)22-10-13-41(14-11-22)21-33-39-30-16-23(24-18-38-40(2)19-24)6-9-31(30)42(33)20-26-12-15-43-26/h3-9,16-19,22,26H,10-15,20-21H2,1-2H3. The Morgan fingerprint density at radius 3 is 2.60 bits per heavy atom. The number of ether oxygens (including phenoxy) is 3. The van der Waals surface area contributed by atoms with Crippen molar-refractivity contribution in [3.63, 3.8) is 0 Å². The second-order valence-electron chi connectivity index (χ2n) is 12.5. The number of likely N-dealkylation sites (tertiary alicyclic amines) is 1. The third kappa shape index (κ3) is 5.26. The van der Waals surface area contributed by atoms with Gasteiger partial charge >= 0.3 is 0 Å². The van der Waals surface area contributed by atoms with E-state index in [-0.39, 0.29) is 6.10 Å². The highest BCUT2D eigenvalue weighted by Gasteiger charge is 2.43. The van der Waals surface area contributed by atoms with Gasteiger partial charge in [-0.05, 0) is 80.2 Å². The zero-order valence-electron chi connectivity index (χ0n) is 25.4. The number of nitrogens with zero attached hydrogens (tertiary/aromatic N) is 5. The van der Waals surface area contributed by atoms with Crippen LogP contribution >= 0.6 is 11.6 Å². The fraction of sp³-hybridized carbons (Fsp3) is 0.371. The molecule has 0 radical (unpaired) electrons. The molecular weight excluding hydrogens is 593 g/mol. The summed E-state index contributed by atoms with van der Waals surface area (Å²) in [6, 6.07) is 17.1. The molecule has 0 spiro atoms. The van der Waals surface area contributed by atoms with Gasteiger partial charge in [-0.1, -0.05) is 29.8 Å². The molecule has 232 valence electrons. The average molecular weight is 628 g/mol. The fourth-order valence-corrected chi connectivity index (χ4v) is 7.08. The molecule has 3 aliphatic heterocycles. The number of hydrogen-bond donors (Lipinski definition) is 0. The summed E-state index contributed by atoms with van der Waals surface area (Å²) in [7, 11) is 1.93. The van der Waals surface area contributed by atoms with Crippen molar-refractivity contribution in [2.75, 3.05) is 19.7 Å². The maximum Gasteiger partial charge on any atom is 0.278 e. The molecule has 2 aromatic heterocycles. The van der Waals surface area contributed by atoms with Crippen molar-refractivity contribution in [3.8, 4) is 22.6 Å². The van der Waals surface area contributed by atoms with Gasteiger partial charge in [-0.15, -0.1) is 0 Å². The lowest BCUT2D eigenvalue weighted by atomic mass is 9.88. The van der Waals surface area contributed by atoms with Crippen molar-refractivity contribution in [3.05, 3.63) is 94.8 Å². The van der Waals surface area contributed by atoms with Crippen molar-refractivity contribution in [1.29, 1.82) is 0 Å². The summed E-state index contributed by atoms with van der Waals surface area (Å²) in [5.74, 6) is 1.02. The minimum Gasteiger partial charge on any atom is -0.444 e. The highest BCUT2D eigenvalue weighted by atomic mass is 35.5. The second kappa shape index (κ2) is 11.2. The topological polar surface area (TPSA) is 66.6 Å². The van der Waals surface area contributed by atoms with E-state index in [9.17, 15) is 4.39 Å². The third-order valence-corrected chi connectivity index (χ3v) is 9.70. The molecule has 3 aromatic carbocycles. The smallest absolute Gasteiger partial charge is 0.278 e. The highest BCUT2D eigenvalue weighted by molar-refractivity contribution is 6.30. The molecule has 0 amide bonds. The normalized spacial score (nSPS) is 21.8. The minimum absolute atomic E-state index is 0.235. The van der Waals surface area contributed by atoms with Gasteiger partial charge in [0.05, 0.1) is 42.0 Å². The van der Waals surface area contributed by atoms with Crippen LogP contribution in [-0.2, 0) is 30.7 Å². The first-order valence-corrected chi connectivity index (χ1v) is 16.0. The van der Waals surface area contributed by atoms with Crippen LogP contribution in [0, 0.1) is 5.82 Å². The van der Waals surface area contributed by atoms with E-state index in [0.29, 0.717) is 28.0 Å². The molecule has 5 heterocycles. The van der Waals surface area contributed by atoms with Crippen LogP contribution in [0.25, 0.3) is 22.2 Å². The Bertz CT molecular complexity index is 1890.